The van der Waals surface area contributed by atoms with Crippen molar-refractivity contribution in [1.29, 1.82) is 0 Å². The van der Waals surface area contributed by atoms with E-state index in [1.165, 1.54) is 14.2 Å². The van der Waals surface area contributed by atoms with Crippen LogP contribution in [0, 0.1) is 0 Å². The maximum atomic E-state index is 13.2. The number of ketones is 2. The van der Waals surface area contributed by atoms with Gasteiger partial charge in [-0.1, -0.05) is 18.7 Å². The monoisotopic (exact) mass is 350 g/mol. The van der Waals surface area contributed by atoms with E-state index in [0.29, 0.717) is 28.4 Å². The smallest absolute Gasteiger partial charge is 0.256 e. The van der Waals surface area contributed by atoms with Crippen molar-refractivity contribution in [3.05, 3.63) is 71.5 Å². The van der Waals surface area contributed by atoms with Crippen molar-refractivity contribution < 1.29 is 23.8 Å². The predicted octanol–water partition coefficient (Wildman–Crippen LogP) is 3.47. The van der Waals surface area contributed by atoms with Crippen molar-refractivity contribution in [1.82, 2.24) is 0 Å². The number of carbonyl (C=O) groups excluding carboxylic acids is 2. The van der Waals surface area contributed by atoms with Crippen LogP contribution in [-0.2, 0) is 10.4 Å². The van der Waals surface area contributed by atoms with E-state index in [9.17, 15) is 9.59 Å². The van der Waals surface area contributed by atoms with Crippen LogP contribution in [0.2, 0.25) is 0 Å². The molecule has 2 aromatic rings. The second-order valence-corrected chi connectivity index (χ2v) is 5.81. The van der Waals surface area contributed by atoms with Gasteiger partial charge in [0.15, 0.2) is 0 Å². The van der Waals surface area contributed by atoms with Crippen LogP contribution in [0.25, 0.3) is 0 Å². The zero-order valence-corrected chi connectivity index (χ0v) is 14.8. The quantitative estimate of drug-likeness (QED) is 0.624. The van der Waals surface area contributed by atoms with E-state index in [-0.39, 0.29) is 5.56 Å². The summed E-state index contributed by atoms with van der Waals surface area (Å²) in [4.78, 5) is 26.0. The molecule has 0 spiro atoms. The van der Waals surface area contributed by atoms with Crippen molar-refractivity contribution >= 4 is 11.6 Å². The minimum absolute atomic E-state index is 0.234. The molecule has 1 aliphatic heterocycles. The van der Waals surface area contributed by atoms with E-state index in [2.05, 4.69) is 12.3 Å². The maximum absolute atomic E-state index is 13.2. The van der Waals surface area contributed by atoms with Gasteiger partial charge in [0.2, 0.25) is 11.4 Å². The molecule has 2 aromatic carbocycles. The average molecular weight is 350 g/mol. The highest BCUT2D eigenvalue weighted by molar-refractivity contribution is 6.48. The Morgan fingerprint density at radius 3 is 2.50 bits per heavy atom. The normalized spacial score (nSPS) is 18.4. The Kier molecular flexibility index (Phi) is 4.41. The molecule has 0 aliphatic carbocycles. The largest absolute Gasteiger partial charge is 0.497 e. The lowest BCUT2D eigenvalue weighted by molar-refractivity contribution is -0.128. The fourth-order valence-electron chi connectivity index (χ4n) is 3.08. The number of Topliss-reactive ketones (excluding diaryl/α,β-unsaturated/α-hetero) is 2. The van der Waals surface area contributed by atoms with Gasteiger partial charge in [0.05, 0.1) is 25.3 Å². The number of hydrogen-bond donors (Lipinski definition) is 0. The van der Waals surface area contributed by atoms with E-state index in [4.69, 9.17) is 14.2 Å². The van der Waals surface area contributed by atoms with Crippen LogP contribution in [0.3, 0.4) is 0 Å². The summed E-state index contributed by atoms with van der Waals surface area (Å²) in [5.41, 5.74) is 2.02. The predicted molar refractivity (Wildman–Crippen MR) is 96.0 cm³/mol. The first-order chi connectivity index (χ1) is 12.5. The molecule has 5 heteroatoms. The summed E-state index contributed by atoms with van der Waals surface area (Å²) >= 11 is 0. The average Bonchev–Trinajstić information content (AvgIpc) is 2.69. The first kappa shape index (κ1) is 17.5. The van der Waals surface area contributed by atoms with Crippen LogP contribution in [0.1, 0.15) is 22.8 Å². The third-order valence-corrected chi connectivity index (χ3v) is 4.50. The lowest BCUT2D eigenvalue weighted by Gasteiger charge is -2.37. The Hall–Kier alpha value is -3.30. The summed E-state index contributed by atoms with van der Waals surface area (Å²) in [6.45, 7) is 5.29. The Morgan fingerprint density at radius 1 is 1.12 bits per heavy atom. The maximum Gasteiger partial charge on any atom is 0.256 e. The molecule has 26 heavy (non-hydrogen) atoms. The van der Waals surface area contributed by atoms with Crippen LogP contribution < -0.4 is 14.2 Å². The molecule has 0 saturated carbocycles. The number of ether oxygens (including phenoxy) is 3. The number of rotatable bonds is 4. The van der Waals surface area contributed by atoms with Crippen molar-refractivity contribution in [2.75, 3.05) is 14.2 Å². The second-order valence-electron chi connectivity index (χ2n) is 5.81. The third-order valence-electron chi connectivity index (χ3n) is 4.50. The van der Waals surface area contributed by atoms with Gasteiger partial charge in [-0.2, -0.15) is 0 Å². The van der Waals surface area contributed by atoms with Gasteiger partial charge in [-0.15, -0.1) is 5.73 Å². The van der Waals surface area contributed by atoms with Crippen LogP contribution >= 0.6 is 0 Å². The van der Waals surface area contributed by atoms with Gasteiger partial charge in [0.1, 0.15) is 17.2 Å². The zero-order valence-electron chi connectivity index (χ0n) is 14.8. The van der Waals surface area contributed by atoms with Gasteiger partial charge in [0.25, 0.3) is 5.78 Å². The molecule has 0 fully saturated rings. The minimum atomic E-state index is -1.69. The topological polar surface area (TPSA) is 61.8 Å². The molecule has 0 saturated heterocycles. The zero-order chi connectivity index (χ0) is 18.9. The molecule has 0 N–H and O–H groups in total. The van der Waals surface area contributed by atoms with E-state index in [1.54, 1.807) is 49.4 Å². The van der Waals surface area contributed by atoms with Gasteiger partial charge in [0, 0.05) is 11.6 Å². The lowest BCUT2D eigenvalue weighted by atomic mass is 9.78. The fraction of sp³-hybridized carbons (Fsp3) is 0.190. The number of para-hydroxylation sites is 1. The highest BCUT2D eigenvalue weighted by atomic mass is 16.5. The number of hydrogen-bond acceptors (Lipinski definition) is 5. The fourth-order valence-corrected chi connectivity index (χ4v) is 3.08. The van der Waals surface area contributed by atoms with Crippen LogP contribution in [-0.4, -0.2) is 25.8 Å². The van der Waals surface area contributed by atoms with Crippen LogP contribution in [0.5, 0.6) is 17.2 Å². The molecular weight excluding hydrogens is 332 g/mol. The van der Waals surface area contributed by atoms with Crippen molar-refractivity contribution in [2.45, 2.75) is 12.5 Å². The van der Waals surface area contributed by atoms with E-state index < -0.39 is 17.2 Å². The van der Waals surface area contributed by atoms with Crippen molar-refractivity contribution in [3.63, 3.8) is 0 Å². The summed E-state index contributed by atoms with van der Waals surface area (Å²) in [5, 5.41) is 0. The molecule has 132 valence electrons. The molecule has 1 unspecified atom stereocenters. The van der Waals surface area contributed by atoms with E-state index in [0.717, 1.165) is 0 Å². The Bertz CT molecular complexity index is 953. The molecule has 1 heterocycles. The van der Waals surface area contributed by atoms with Gasteiger partial charge < -0.3 is 14.2 Å². The molecule has 0 radical (unpaired) electrons. The van der Waals surface area contributed by atoms with Crippen LogP contribution in [0.4, 0.5) is 0 Å². The number of methoxy groups -OCH3 is 2. The van der Waals surface area contributed by atoms with Crippen molar-refractivity contribution in [3.8, 4) is 17.2 Å². The highest BCUT2D eigenvalue weighted by Crippen LogP contribution is 2.45. The second kappa shape index (κ2) is 6.54. The molecular formula is C21H18O5. The first-order valence-corrected chi connectivity index (χ1v) is 7.96. The Morgan fingerprint density at radius 2 is 1.85 bits per heavy atom. The minimum Gasteiger partial charge on any atom is -0.497 e. The summed E-state index contributed by atoms with van der Waals surface area (Å²) in [6.07, 6.45) is 0. The summed E-state index contributed by atoms with van der Waals surface area (Å²) in [7, 11) is 3.00. The van der Waals surface area contributed by atoms with Gasteiger partial charge in [-0.05, 0) is 31.2 Å². The van der Waals surface area contributed by atoms with Crippen molar-refractivity contribution in [2.24, 2.45) is 0 Å². The Labute approximate surface area is 151 Å². The molecule has 1 aliphatic rings. The molecule has 5 nitrogen and oxygen atoms in total. The molecule has 3 rings (SSSR count). The molecule has 0 aromatic heterocycles. The van der Waals surface area contributed by atoms with Gasteiger partial charge in [-0.3, -0.25) is 9.59 Å². The summed E-state index contributed by atoms with van der Waals surface area (Å²) in [5.74, 6) is -0.104. The number of benzene rings is 2. The van der Waals surface area contributed by atoms with E-state index in [1.807, 2.05) is 0 Å². The summed E-state index contributed by atoms with van der Waals surface area (Å²) in [6, 6.07) is 11.6. The molecule has 1 atom stereocenters. The lowest BCUT2D eigenvalue weighted by Crippen LogP contribution is -2.49. The van der Waals surface area contributed by atoms with Gasteiger partial charge in [-0.25, -0.2) is 0 Å². The Balaban J connectivity index is 2.33. The number of fused-ring (bicyclic) bond motifs is 1. The third kappa shape index (κ3) is 2.41. The highest BCUT2D eigenvalue weighted by Gasteiger charge is 2.53. The molecule has 0 amide bonds. The SMILES string of the molecule is C=C=C(C)C1(c2ccc(OC)cc2OC)Oc2ccccc2C(=O)C1=O. The summed E-state index contributed by atoms with van der Waals surface area (Å²) < 4.78 is 16.8. The first-order valence-electron chi connectivity index (χ1n) is 7.96. The molecule has 0 bridgehead atoms. The van der Waals surface area contributed by atoms with Gasteiger partial charge >= 0.3 is 0 Å². The standard InChI is InChI=1S/C21H18O5/c1-5-13(2)21(16-11-10-14(24-3)12-18(16)25-4)20(23)19(22)15-8-6-7-9-17(15)26-21/h6-12H,1H2,2-4H3. The number of carbonyl (C=O) groups is 2. The van der Waals surface area contributed by atoms with E-state index >= 15 is 0 Å². The van der Waals surface area contributed by atoms with Crippen LogP contribution in [0.15, 0.2) is 60.3 Å².